The molecule has 21 heavy (non-hydrogen) atoms. The number of sulfonamides is 1. The van der Waals surface area contributed by atoms with Crippen molar-refractivity contribution < 1.29 is 13.5 Å². The van der Waals surface area contributed by atoms with Crippen LogP contribution in [0, 0.1) is 0 Å². The van der Waals surface area contributed by atoms with Crippen molar-refractivity contribution in [1.82, 2.24) is 9.21 Å². The molecule has 3 N–H and O–H groups in total. The highest BCUT2D eigenvalue weighted by atomic mass is 35.5. The first-order valence-corrected chi connectivity index (χ1v) is 8.65. The fraction of sp³-hybridized carbons (Fsp3) is 0.538. The molecule has 0 amide bonds. The van der Waals surface area contributed by atoms with Crippen molar-refractivity contribution >= 4 is 27.3 Å². The van der Waals surface area contributed by atoms with E-state index in [1.807, 2.05) is 0 Å². The highest BCUT2D eigenvalue weighted by molar-refractivity contribution is 7.89. The van der Waals surface area contributed by atoms with Crippen LogP contribution in [0.2, 0.25) is 5.02 Å². The SMILES string of the molecule is Nc1ccc(Cl)c(S(=O)(=O)N2CCCN(CCO)CC2)c1. The first-order chi connectivity index (χ1) is 9.95. The number of rotatable bonds is 4. The normalized spacial score (nSPS) is 18.6. The second-order valence-electron chi connectivity index (χ2n) is 5.01. The van der Waals surface area contributed by atoms with Gasteiger partial charge in [0.05, 0.1) is 11.6 Å². The summed E-state index contributed by atoms with van der Waals surface area (Å²) in [6.45, 7) is 2.83. The molecule has 2 rings (SSSR count). The van der Waals surface area contributed by atoms with E-state index in [4.69, 9.17) is 22.4 Å². The Labute approximate surface area is 130 Å². The van der Waals surface area contributed by atoms with E-state index < -0.39 is 10.0 Å². The molecule has 1 saturated heterocycles. The molecule has 1 heterocycles. The van der Waals surface area contributed by atoms with Gasteiger partial charge in [-0.1, -0.05) is 11.6 Å². The fourth-order valence-corrected chi connectivity index (χ4v) is 4.39. The lowest BCUT2D eigenvalue weighted by molar-refractivity contribution is 0.202. The molecular weight excluding hydrogens is 314 g/mol. The summed E-state index contributed by atoms with van der Waals surface area (Å²) in [6, 6.07) is 4.47. The van der Waals surface area contributed by atoms with Gasteiger partial charge in [-0.05, 0) is 31.2 Å². The van der Waals surface area contributed by atoms with Crippen molar-refractivity contribution in [2.75, 3.05) is 45.1 Å². The maximum atomic E-state index is 12.7. The molecule has 0 aromatic heterocycles. The summed E-state index contributed by atoms with van der Waals surface area (Å²) >= 11 is 6.01. The van der Waals surface area contributed by atoms with Gasteiger partial charge in [0.1, 0.15) is 4.90 Å². The molecule has 0 aliphatic carbocycles. The zero-order valence-electron chi connectivity index (χ0n) is 11.7. The summed E-state index contributed by atoms with van der Waals surface area (Å²) in [7, 11) is -3.64. The average molecular weight is 334 g/mol. The quantitative estimate of drug-likeness (QED) is 0.788. The molecular formula is C13H20ClN3O3S. The van der Waals surface area contributed by atoms with E-state index >= 15 is 0 Å². The van der Waals surface area contributed by atoms with E-state index in [-0.39, 0.29) is 16.5 Å². The van der Waals surface area contributed by atoms with Crippen molar-refractivity contribution in [2.24, 2.45) is 0 Å². The molecule has 1 aromatic carbocycles. The summed E-state index contributed by atoms with van der Waals surface area (Å²) < 4.78 is 26.8. The van der Waals surface area contributed by atoms with Gasteiger partial charge in [0.15, 0.2) is 0 Å². The van der Waals surface area contributed by atoms with Gasteiger partial charge in [0.25, 0.3) is 0 Å². The second kappa shape index (κ2) is 6.93. The lowest BCUT2D eigenvalue weighted by Crippen LogP contribution is -2.36. The van der Waals surface area contributed by atoms with Crippen molar-refractivity contribution in [3.05, 3.63) is 23.2 Å². The van der Waals surface area contributed by atoms with E-state index in [9.17, 15) is 8.42 Å². The molecule has 0 unspecified atom stereocenters. The number of hydrogen-bond donors (Lipinski definition) is 2. The highest BCUT2D eigenvalue weighted by Gasteiger charge is 2.28. The summed E-state index contributed by atoms with van der Waals surface area (Å²) in [5.74, 6) is 0. The molecule has 1 aromatic rings. The van der Waals surface area contributed by atoms with Gasteiger partial charge in [-0.15, -0.1) is 0 Å². The van der Waals surface area contributed by atoms with Crippen LogP contribution in [0.15, 0.2) is 23.1 Å². The van der Waals surface area contributed by atoms with E-state index in [2.05, 4.69) is 4.90 Å². The number of nitrogens with zero attached hydrogens (tertiary/aromatic N) is 2. The third kappa shape index (κ3) is 3.87. The maximum absolute atomic E-state index is 12.7. The Kier molecular flexibility index (Phi) is 5.45. The fourth-order valence-electron chi connectivity index (χ4n) is 2.41. The third-order valence-corrected chi connectivity index (χ3v) is 5.92. The first-order valence-electron chi connectivity index (χ1n) is 6.83. The van der Waals surface area contributed by atoms with Gasteiger partial charge in [-0.3, -0.25) is 4.90 Å². The molecule has 1 aliphatic heterocycles. The third-order valence-electron chi connectivity index (χ3n) is 3.54. The number of aliphatic hydroxyl groups excluding tert-OH is 1. The molecule has 0 bridgehead atoms. The van der Waals surface area contributed by atoms with E-state index in [0.717, 1.165) is 13.0 Å². The predicted octanol–water partition coefficient (Wildman–Crippen LogP) is 0.611. The van der Waals surface area contributed by atoms with Crippen LogP contribution in [0.5, 0.6) is 0 Å². The largest absolute Gasteiger partial charge is 0.399 e. The Morgan fingerprint density at radius 2 is 2.00 bits per heavy atom. The van der Waals surface area contributed by atoms with Gasteiger partial charge >= 0.3 is 0 Å². The molecule has 1 aliphatic rings. The minimum Gasteiger partial charge on any atom is -0.399 e. The number of halogens is 1. The lowest BCUT2D eigenvalue weighted by atomic mass is 10.3. The molecule has 0 atom stereocenters. The Morgan fingerprint density at radius 3 is 2.71 bits per heavy atom. The van der Waals surface area contributed by atoms with Crippen LogP contribution in [-0.2, 0) is 10.0 Å². The minimum atomic E-state index is -3.64. The Balaban J connectivity index is 2.21. The van der Waals surface area contributed by atoms with Crippen molar-refractivity contribution in [3.8, 4) is 0 Å². The molecule has 1 fully saturated rings. The number of anilines is 1. The zero-order chi connectivity index (χ0) is 15.5. The standard InChI is InChI=1S/C13H20ClN3O3S/c14-12-3-2-11(15)10-13(12)21(19,20)17-5-1-4-16(6-7-17)8-9-18/h2-3,10,18H,1,4-9,15H2. The number of nitrogens with two attached hydrogens (primary N) is 1. The molecule has 8 heteroatoms. The van der Waals surface area contributed by atoms with Crippen LogP contribution in [0.4, 0.5) is 5.69 Å². The Morgan fingerprint density at radius 1 is 1.24 bits per heavy atom. The number of hydrogen-bond acceptors (Lipinski definition) is 5. The van der Waals surface area contributed by atoms with Crippen LogP contribution in [0.1, 0.15) is 6.42 Å². The van der Waals surface area contributed by atoms with Crippen LogP contribution < -0.4 is 5.73 Å². The van der Waals surface area contributed by atoms with Gasteiger partial charge in [-0.2, -0.15) is 4.31 Å². The summed E-state index contributed by atoms with van der Waals surface area (Å²) in [5, 5.41) is 9.16. The first kappa shape index (κ1) is 16.5. The van der Waals surface area contributed by atoms with E-state index in [0.29, 0.717) is 31.9 Å². The minimum absolute atomic E-state index is 0.0553. The van der Waals surface area contributed by atoms with Crippen LogP contribution in [-0.4, -0.2) is 62.1 Å². The summed E-state index contributed by atoms with van der Waals surface area (Å²) in [4.78, 5) is 2.11. The molecule has 0 spiro atoms. The van der Waals surface area contributed by atoms with Gasteiger partial charge in [0.2, 0.25) is 10.0 Å². The molecule has 0 radical (unpaired) electrons. The summed E-state index contributed by atoms with van der Waals surface area (Å²) in [6.07, 6.45) is 0.721. The van der Waals surface area contributed by atoms with Gasteiger partial charge in [-0.25, -0.2) is 8.42 Å². The molecule has 6 nitrogen and oxygen atoms in total. The van der Waals surface area contributed by atoms with Gasteiger partial charge in [0, 0.05) is 31.9 Å². The molecule has 118 valence electrons. The lowest BCUT2D eigenvalue weighted by Gasteiger charge is -2.21. The van der Waals surface area contributed by atoms with Crippen molar-refractivity contribution in [1.29, 1.82) is 0 Å². The van der Waals surface area contributed by atoms with Crippen molar-refractivity contribution in [3.63, 3.8) is 0 Å². The zero-order valence-corrected chi connectivity index (χ0v) is 13.3. The van der Waals surface area contributed by atoms with Crippen LogP contribution in [0.3, 0.4) is 0 Å². The number of benzene rings is 1. The van der Waals surface area contributed by atoms with E-state index in [1.54, 1.807) is 6.07 Å². The average Bonchev–Trinajstić information content (AvgIpc) is 2.68. The van der Waals surface area contributed by atoms with Crippen molar-refractivity contribution in [2.45, 2.75) is 11.3 Å². The highest BCUT2D eigenvalue weighted by Crippen LogP contribution is 2.27. The summed E-state index contributed by atoms with van der Waals surface area (Å²) in [5.41, 5.74) is 6.04. The Hall–Kier alpha value is -0.860. The molecule has 0 saturated carbocycles. The van der Waals surface area contributed by atoms with Gasteiger partial charge < -0.3 is 10.8 Å². The number of nitrogen functional groups attached to an aromatic ring is 1. The number of aliphatic hydroxyl groups is 1. The van der Waals surface area contributed by atoms with E-state index in [1.165, 1.54) is 16.4 Å². The van der Waals surface area contributed by atoms with Crippen LogP contribution >= 0.6 is 11.6 Å². The second-order valence-corrected chi connectivity index (χ2v) is 7.33. The predicted molar refractivity (Wildman–Crippen MR) is 82.8 cm³/mol. The smallest absolute Gasteiger partial charge is 0.244 e. The topological polar surface area (TPSA) is 86.9 Å². The maximum Gasteiger partial charge on any atom is 0.244 e. The Bertz CT molecular complexity index is 594. The van der Waals surface area contributed by atoms with Crippen LogP contribution in [0.25, 0.3) is 0 Å². The number of β-amino-alcohol motifs (C(OH)–C–C–N with tert-alkyl or cyclic N) is 1. The monoisotopic (exact) mass is 333 g/mol.